The van der Waals surface area contributed by atoms with Gasteiger partial charge in [-0.3, -0.25) is 9.89 Å². The number of likely N-dealkylation sites (tertiary alicyclic amines) is 1. The molecule has 0 aliphatic carbocycles. The molecule has 164 valence electrons. The van der Waals surface area contributed by atoms with Crippen molar-refractivity contribution in [2.24, 2.45) is 10.9 Å². The molecule has 0 atom stereocenters. The van der Waals surface area contributed by atoms with Gasteiger partial charge in [0.05, 0.1) is 12.2 Å². The number of aromatic nitrogens is 1. The average Bonchev–Trinajstić information content (AvgIpc) is 3.04. The van der Waals surface area contributed by atoms with Crippen molar-refractivity contribution >= 4 is 5.96 Å². The van der Waals surface area contributed by atoms with Crippen molar-refractivity contribution in [3.8, 4) is 0 Å². The summed E-state index contributed by atoms with van der Waals surface area (Å²) in [7, 11) is 1.79. The zero-order chi connectivity index (χ0) is 21.5. The van der Waals surface area contributed by atoms with Crippen molar-refractivity contribution in [3.05, 3.63) is 52.5 Å². The van der Waals surface area contributed by atoms with Crippen LogP contribution in [0.3, 0.4) is 0 Å². The number of oxazole rings is 1. The molecule has 3 rings (SSSR count). The highest BCUT2D eigenvalue weighted by molar-refractivity contribution is 5.79. The number of nitrogens with one attached hydrogen (secondary N) is 2. The van der Waals surface area contributed by atoms with Crippen LogP contribution in [-0.2, 0) is 13.0 Å². The van der Waals surface area contributed by atoms with Crippen LogP contribution in [0.25, 0.3) is 0 Å². The van der Waals surface area contributed by atoms with Gasteiger partial charge in [0.2, 0.25) is 5.89 Å². The first kappa shape index (κ1) is 22.3. The van der Waals surface area contributed by atoms with Crippen LogP contribution >= 0.6 is 0 Å². The third-order valence-corrected chi connectivity index (χ3v) is 5.91. The number of benzene rings is 1. The van der Waals surface area contributed by atoms with E-state index in [4.69, 9.17) is 4.42 Å². The van der Waals surface area contributed by atoms with Crippen LogP contribution in [0.4, 0.5) is 4.39 Å². The summed E-state index contributed by atoms with van der Waals surface area (Å²) in [6.07, 6.45) is 3.14. The van der Waals surface area contributed by atoms with Crippen molar-refractivity contribution < 1.29 is 8.81 Å². The molecule has 1 saturated heterocycles. The van der Waals surface area contributed by atoms with E-state index in [1.54, 1.807) is 13.1 Å². The summed E-state index contributed by atoms with van der Waals surface area (Å²) >= 11 is 0. The first-order valence-corrected chi connectivity index (χ1v) is 10.8. The fraction of sp³-hybridized carbons (Fsp3) is 0.565. The minimum Gasteiger partial charge on any atom is -0.444 e. The van der Waals surface area contributed by atoms with E-state index in [2.05, 4.69) is 25.5 Å². The van der Waals surface area contributed by atoms with Crippen LogP contribution in [0.15, 0.2) is 27.6 Å². The molecule has 2 aromatic rings. The first-order chi connectivity index (χ1) is 14.4. The molecule has 0 unspecified atom stereocenters. The number of aryl methyl sites for hydroxylation is 3. The minimum absolute atomic E-state index is 0.182. The number of hydrogen-bond acceptors (Lipinski definition) is 4. The predicted octanol–water partition coefficient (Wildman–Crippen LogP) is 3.36. The number of nitrogens with zero attached hydrogens (tertiary/aromatic N) is 3. The molecule has 2 N–H and O–H groups in total. The maximum absolute atomic E-state index is 13.2. The van der Waals surface area contributed by atoms with E-state index in [9.17, 15) is 4.39 Å². The standard InChI is InChI=1S/C23H34FN5O/c1-16-13-21(24)6-5-20(16)7-10-26-23(25-4)27-14-19-8-11-29(12-9-19)15-22-28-17(2)18(3)30-22/h5-6,13,19H,7-12,14-15H2,1-4H3,(H2,25,26,27). The van der Waals surface area contributed by atoms with Crippen LogP contribution < -0.4 is 10.6 Å². The fourth-order valence-corrected chi connectivity index (χ4v) is 3.86. The Labute approximate surface area is 179 Å². The van der Waals surface area contributed by atoms with Gasteiger partial charge in [0, 0.05) is 20.1 Å². The highest BCUT2D eigenvalue weighted by Crippen LogP contribution is 2.19. The van der Waals surface area contributed by atoms with Gasteiger partial charge in [-0.2, -0.15) is 0 Å². The van der Waals surface area contributed by atoms with Crippen LogP contribution in [0, 0.1) is 32.5 Å². The topological polar surface area (TPSA) is 65.7 Å². The molecule has 1 aliphatic heterocycles. The molecule has 1 aromatic heterocycles. The zero-order valence-electron chi connectivity index (χ0n) is 18.6. The normalized spacial score (nSPS) is 16.1. The molecular formula is C23H34FN5O. The van der Waals surface area contributed by atoms with E-state index in [1.807, 2.05) is 26.8 Å². The van der Waals surface area contributed by atoms with Crippen molar-refractivity contribution in [2.75, 3.05) is 33.2 Å². The number of piperidine rings is 1. The largest absolute Gasteiger partial charge is 0.444 e. The van der Waals surface area contributed by atoms with E-state index in [1.165, 1.54) is 6.07 Å². The van der Waals surface area contributed by atoms with Gasteiger partial charge in [0.25, 0.3) is 0 Å². The second-order valence-electron chi connectivity index (χ2n) is 8.17. The van der Waals surface area contributed by atoms with Crippen LogP contribution in [0.2, 0.25) is 0 Å². The Hall–Kier alpha value is -2.41. The van der Waals surface area contributed by atoms with Gasteiger partial charge < -0.3 is 15.1 Å². The molecule has 6 nitrogen and oxygen atoms in total. The number of aliphatic imine (C=N–C) groups is 1. The lowest BCUT2D eigenvalue weighted by atomic mass is 9.97. The number of halogens is 1. The summed E-state index contributed by atoms with van der Waals surface area (Å²) in [5.41, 5.74) is 3.13. The second-order valence-corrected chi connectivity index (χ2v) is 8.17. The Morgan fingerprint density at radius 1 is 1.23 bits per heavy atom. The van der Waals surface area contributed by atoms with E-state index < -0.39 is 0 Å². The molecule has 7 heteroatoms. The first-order valence-electron chi connectivity index (χ1n) is 10.8. The number of rotatable bonds is 7. The third-order valence-electron chi connectivity index (χ3n) is 5.91. The summed E-state index contributed by atoms with van der Waals surface area (Å²) in [5.74, 6) is 3.01. The van der Waals surface area contributed by atoms with Gasteiger partial charge in [0.15, 0.2) is 5.96 Å². The Morgan fingerprint density at radius 3 is 2.63 bits per heavy atom. The van der Waals surface area contributed by atoms with Gasteiger partial charge in [-0.05, 0) is 82.3 Å². The highest BCUT2D eigenvalue weighted by Gasteiger charge is 2.21. The van der Waals surface area contributed by atoms with Crippen molar-refractivity contribution in [1.29, 1.82) is 0 Å². The van der Waals surface area contributed by atoms with Crippen molar-refractivity contribution in [3.63, 3.8) is 0 Å². The van der Waals surface area contributed by atoms with Crippen molar-refractivity contribution in [2.45, 2.75) is 46.6 Å². The Morgan fingerprint density at radius 2 is 2.00 bits per heavy atom. The summed E-state index contributed by atoms with van der Waals surface area (Å²) in [4.78, 5) is 11.2. The van der Waals surface area contributed by atoms with E-state index in [0.29, 0.717) is 5.92 Å². The minimum atomic E-state index is -0.182. The van der Waals surface area contributed by atoms with Crippen molar-refractivity contribution in [1.82, 2.24) is 20.5 Å². The lowest BCUT2D eigenvalue weighted by Gasteiger charge is -2.31. The molecule has 0 bridgehead atoms. The van der Waals surface area contributed by atoms with E-state index in [-0.39, 0.29) is 5.82 Å². The average molecular weight is 416 g/mol. The lowest BCUT2D eigenvalue weighted by Crippen LogP contribution is -2.43. The van der Waals surface area contributed by atoms with Gasteiger partial charge in [-0.1, -0.05) is 6.07 Å². The van der Waals surface area contributed by atoms with E-state index >= 15 is 0 Å². The van der Waals surface area contributed by atoms with E-state index in [0.717, 1.165) is 86.4 Å². The number of hydrogen-bond donors (Lipinski definition) is 2. The quantitative estimate of drug-likeness (QED) is 0.536. The monoisotopic (exact) mass is 415 g/mol. The Kier molecular flexibility index (Phi) is 7.85. The SMILES string of the molecule is CN=C(NCCc1ccc(F)cc1C)NCC1CCN(Cc2nc(C)c(C)o2)CC1. The van der Waals surface area contributed by atoms with Gasteiger partial charge in [-0.25, -0.2) is 9.37 Å². The molecule has 2 heterocycles. The smallest absolute Gasteiger partial charge is 0.208 e. The molecule has 1 fully saturated rings. The van der Waals surface area contributed by atoms with Gasteiger partial charge >= 0.3 is 0 Å². The lowest BCUT2D eigenvalue weighted by molar-refractivity contribution is 0.164. The molecule has 30 heavy (non-hydrogen) atoms. The second kappa shape index (κ2) is 10.6. The summed E-state index contributed by atoms with van der Waals surface area (Å²) in [6, 6.07) is 4.96. The predicted molar refractivity (Wildman–Crippen MR) is 118 cm³/mol. The highest BCUT2D eigenvalue weighted by atomic mass is 19.1. The molecular weight excluding hydrogens is 381 g/mol. The molecule has 1 aromatic carbocycles. The molecule has 0 saturated carbocycles. The summed E-state index contributed by atoms with van der Waals surface area (Å²) in [6.45, 7) is 10.5. The molecule has 1 aliphatic rings. The Bertz CT molecular complexity index is 836. The maximum atomic E-state index is 13.2. The molecule has 0 spiro atoms. The molecule has 0 radical (unpaired) electrons. The zero-order valence-corrected chi connectivity index (χ0v) is 18.6. The van der Waals surface area contributed by atoms with Crippen LogP contribution in [0.1, 0.15) is 41.3 Å². The van der Waals surface area contributed by atoms with Gasteiger partial charge in [0.1, 0.15) is 11.6 Å². The maximum Gasteiger partial charge on any atom is 0.208 e. The third kappa shape index (κ3) is 6.29. The Balaban J connectivity index is 1.35. The molecule has 0 amide bonds. The van der Waals surface area contributed by atoms with Crippen LogP contribution in [-0.4, -0.2) is 49.1 Å². The van der Waals surface area contributed by atoms with Gasteiger partial charge in [-0.15, -0.1) is 0 Å². The van der Waals surface area contributed by atoms with Crippen LogP contribution in [0.5, 0.6) is 0 Å². The fourth-order valence-electron chi connectivity index (χ4n) is 3.86. The number of guanidine groups is 1. The summed E-state index contributed by atoms with van der Waals surface area (Å²) in [5, 5.41) is 6.82. The summed E-state index contributed by atoms with van der Waals surface area (Å²) < 4.78 is 18.9.